The second-order valence-corrected chi connectivity index (χ2v) is 6.96. The number of carbonyl (C=O) groups is 1. The molecule has 2 aromatic heterocycles. The molecule has 3 rings (SSSR count). The third kappa shape index (κ3) is 5.27. The molecule has 0 aliphatic heterocycles. The Balaban J connectivity index is 1.61. The van der Waals surface area contributed by atoms with Crippen molar-refractivity contribution >= 4 is 23.4 Å². The number of pyridine rings is 1. The minimum Gasteiger partial charge on any atom is -0.321 e. The molecule has 0 radical (unpaired) electrons. The van der Waals surface area contributed by atoms with Gasteiger partial charge in [-0.2, -0.15) is 5.10 Å². The van der Waals surface area contributed by atoms with Gasteiger partial charge in [0.2, 0.25) is 0 Å². The summed E-state index contributed by atoms with van der Waals surface area (Å²) in [6, 6.07) is 14.4. The van der Waals surface area contributed by atoms with E-state index in [-0.39, 0.29) is 17.2 Å². The van der Waals surface area contributed by atoms with Crippen LogP contribution in [0.3, 0.4) is 0 Å². The van der Waals surface area contributed by atoms with E-state index >= 15 is 0 Å². The van der Waals surface area contributed by atoms with E-state index < -0.39 is 0 Å². The maximum Gasteiger partial charge on any atom is 0.276 e. The quantitative estimate of drug-likeness (QED) is 0.634. The van der Waals surface area contributed by atoms with Gasteiger partial charge in [0.15, 0.2) is 0 Å². The zero-order chi connectivity index (χ0) is 19.1. The van der Waals surface area contributed by atoms with Crippen LogP contribution in [0.4, 0.5) is 5.69 Å². The minimum absolute atomic E-state index is 0.205. The number of rotatable bonds is 7. The van der Waals surface area contributed by atoms with E-state index in [2.05, 4.69) is 15.4 Å². The van der Waals surface area contributed by atoms with Crippen LogP contribution in [0.5, 0.6) is 0 Å². The molecule has 0 spiro atoms. The number of nitrogens with one attached hydrogen (secondary N) is 1. The van der Waals surface area contributed by atoms with Gasteiger partial charge in [-0.15, -0.1) is 11.8 Å². The summed E-state index contributed by atoms with van der Waals surface area (Å²) in [6.45, 7) is 2.44. The molecular formula is C20H20N4O2S. The van der Waals surface area contributed by atoms with Gasteiger partial charge in [0.25, 0.3) is 11.5 Å². The predicted octanol–water partition coefficient (Wildman–Crippen LogP) is 3.59. The average Bonchev–Trinajstić information content (AvgIpc) is 2.70. The molecule has 27 heavy (non-hydrogen) atoms. The summed E-state index contributed by atoms with van der Waals surface area (Å²) in [5.74, 6) is 0.498. The van der Waals surface area contributed by atoms with Crippen molar-refractivity contribution in [1.82, 2.24) is 14.8 Å². The number of carbonyl (C=O) groups excluding carboxylic acids is 1. The summed E-state index contributed by atoms with van der Waals surface area (Å²) >= 11 is 1.70. The molecule has 3 aromatic rings. The highest BCUT2D eigenvalue weighted by atomic mass is 32.2. The molecule has 0 saturated carbocycles. The second-order valence-electron chi connectivity index (χ2n) is 5.91. The van der Waals surface area contributed by atoms with E-state index in [1.54, 1.807) is 18.0 Å². The van der Waals surface area contributed by atoms with Crippen molar-refractivity contribution in [2.45, 2.75) is 30.5 Å². The fourth-order valence-corrected chi connectivity index (χ4v) is 3.25. The highest BCUT2D eigenvalue weighted by molar-refractivity contribution is 7.98. The molecule has 2 heterocycles. The molecule has 138 valence electrons. The Morgan fingerprint density at radius 2 is 1.96 bits per heavy atom. The lowest BCUT2D eigenvalue weighted by molar-refractivity contribution is 0.102. The Hall–Kier alpha value is -2.93. The van der Waals surface area contributed by atoms with Crippen LogP contribution in [0.2, 0.25) is 0 Å². The molecule has 0 bridgehead atoms. The highest BCUT2D eigenvalue weighted by Crippen LogP contribution is 2.24. The lowest BCUT2D eigenvalue weighted by Gasteiger charge is -2.08. The van der Waals surface area contributed by atoms with Crippen LogP contribution < -0.4 is 10.9 Å². The van der Waals surface area contributed by atoms with E-state index in [9.17, 15) is 9.59 Å². The first-order chi connectivity index (χ1) is 13.2. The number of amides is 1. The van der Waals surface area contributed by atoms with Gasteiger partial charge in [-0.25, -0.2) is 4.68 Å². The van der Waals surface area contributed by atoms with Crippen molar-refractivity contribution in [3.63, 3.8) is 0 Å². The Morgan fingerprint density at radius 1 is 1.15 bits per heavy atom. The van der Waals surface area contributed by atoms with Crippen LogP contribution in [0, 0.1) is 0 Å². The van der Waals surface area contributed by atoms with Gasteiger partial charge in [0.05, 0.1) is 0 Å². The maximum atomic E-state index is 12.4. The van der Waals surface area contributed by atoms with Gasteiger partial charge >= 0.3 is 0 Å². The summed E-state index contributed by atoms with van der Waals surface area (Å²) in [4.78, 5) is 29.3. The molecule has 7 heteroatoms. The summed E-state index contributed by atoms with van der Waals surface area (Å²) < 4.78 is 1.31. The van der Waals surface area contributed by atoms with Crippen LogP contribution in [-0.2, 0) is 12.3 Å². The number of hydrogen-bond donors (Lipinski definition) is 1. The lowest BCUT2D eigenvalue weighted by atomic mass is 10.3. The average molecular weight is 380 g/mol. The molecule has 0 atom stereocenters. The molecule has 0 unspecified atom stereocenters. The molecule has 1 amide bonds. The molecule has 0 fully saturated rings. The van der Waals surface area contributed by atoms with E-state index in [0.29, 0.717) is 12.2 Å². The molecule has 0 aliphatic carbocycles. The van der Waals surface area contributed by atoms with Crippen molar-refractivity contribution in [3.8, 4) is 0 Å². The first-order valence-electron chi connectivity index (χ1n) is 8.67. The molecule has 1 aromatic carbocycles. The Labute approximate surface area is 161 Å². The molecule has 0 aliphatic rings. The number of aromatic nitrogens is 3. The van der Waals surface area contributed by atoms with Gasteiger partial charge in [0.1, 0.15) is 5.69 Å². The third-order valence-corrected chi connectivity index (χ3v) is 4.86. The van der Waals surface area contributed by atoms with Crippen LogP contribution in [0.1, 0.15) is 29.4 Å². The number of benzene rings is 1. The highest BCUT2D eigenvalue weighted by Gasteiger charge is 2.10. The third-order valence-electron chi connectivity index (χ3n) is 3.78. The van der Waals surface area contributed by atoms with Crippen molar-refractivity contribution in [3.05, 3.63) is 82.5 Å². The lowest BCUT2D eigenvalue weighted by Crippen LogP contribution is -2.26. The summed E-state index contributed by atoms with van der Waals surface area (Å²) in [5.41, 5.74) is 1.86. The van der Waals surface area contributed by atoms with Crippen molar-refractivity contribution in [1.29, 1.82) is 0 Å². The number of thioether (sulfide) groups is 1. The molecule has 6 nitrogen and oxygen atoms in total. The molecular weight excluding hydrogens is 360 g/mol. The summed E-state index contributed by atoms with van der Waals surface area (Å²) in [7, 11) is 0. The Morgan fingerprint density at radius 3 is 2.67 bits per heavy atom. The fraction of sp³-hybridized carbons (Fsp3) is 0.200. The maximum absolute atomic E-state index is 12.4. The number of anilines is 1. The van der Waals surface area contributed by atoms with Gasteiger partial charge in [-0.05, 0) is 48.4 Å². The minimum atomic E-state index is -0.337. The Bertz CT molecular complexity index is 956. The first-order valence-corrected chi connectivity index (χ1v) is 9.65. The smallest absolute Gasteiger partial charge is 0.276 e. The normalized spacial score (nSPS) is 10.6. The standard InChI is InChI=1S/C20H20N4O2S/c1-2-12-24-19(25)10-9-18(23-24)20(26)22-16-5-7-17(8-6-16)27-14-15-4-3-11-21-13-15/h3-11,13H,2,12,14H2,1H3,(H,22,26). The van der Waals surface area contributed by atoms with Crippen molar-refractivity contribution in [2.24, 2.45) is 0 Å². The zero-order valence-corrected chi connectivity index (χ0v) is 15.8. The van der Waals surface area contributed by atoms with Crippen molar-refractivity contribution in [2.75, 3.05) is 5.32 Å². The van der Waals surface area contributed by atoms with Crippen LogP contribution >= 0.6 is 11.8 Å². The molecule has 0 saturated heterocycles. The predicted molar refractivity (Wildman–Crippen MR) is 107 cm³/mol. The number of aryl methyl sites for hydroxylation is 1. The second kappa shape index (κ2) is 9.14. The zero-order valence-electron chi connectivity index (χ0n) is 15.0. The van der Waals surface area contributed by atoms with Gasteiger partial charge in [0, 0.05) is 41.3 Å². The van der Waals surface area contributed by atoms with Crippen LogP contribution in [0.15, 0.2) is 70.6 Å². The van der Waals surface area contributed by atoms with E-state index in [1.165, 1.54) is 16.8 Å². The Kier molecular flexibility index (Phi) is 6.38. The van der Waals surface area contributed by atoms with E-state index in [1.807, 2.05) is 49.5 Å². The van der Waals surface area contributed by atoms with Crippen LogP contribution in [-0.4, -0.2) is 20.7 Å². The van der Waals surface area contributed by atoms with E-state index in [0.717, 1.165) is 22.6 Å². The van der Waals surface area contributed by atoms with Gasteiger partial charge in [-0.1, -0.05) is 13.0 Å². The van der Waals surface area contributed by atoms with Crippen molar-refractivity contribution < 1.29 is 4.79 Å². The largest absolute Gasteiger partial charge is 0.321 e. The van der Waals surface area contributed by atoms with Gasteiger partial charge < -0.3 is 5.32 Å². The molecule has 1 N–H and O–H groups in total. The van der Waals surface area contributed by atoms with E-state index in [4.69, 9.17) is 0 Å². The van der Waals surface area contributed by atoms with Crippen LogP contribution in [0.25, 0.3) is 0 Å². The number of nitrogens with zero attached hydrogens (tertiary/aromatic N) is 3. The fourth-order valence-electron chi connectivity index (χ4n) is 2.42. The monoisotopic (exact) mass is 380 g/mol. The summed E-state index contributed by atoms with van der Waals surface area (Å²) in [6.07, 6.45) is 4.39. The van der Waals surface area contributed by atoms with Gasteiger partial charge in [-0.3, -0.25) is 14.6 Å². The summed E-state index contributed by atoms with van der Waals surface area (Å²) in [5, 5.41) is 6.93. The first kappa shape index (κ1) is 18.8. The SMILES string of the molecule is CCCn1nc(C(=O)Nc2ccc(SCc3cccnc3)cc2)ccc1=O. The topological polar surface area (TPSA) is 76.9 Å². The number of hydrogen-bond acceptors (Lipinski definition) is 5.